The molecule has 0 fully saturated rings. The van der Waals surface area contributed by atoms with Crippen LogP contribution in [0.3, 0.4) is 0 Å². The Hall–Kier alpha value is -4.41. The van der Waals surface area contributed by atoms with E-state index in [0.717, 1.165) is 24.6 Å². The predicted octanol–water partition coefficient (Wildman–Crippen LogP) is 11.4. The SMILES string of the molecule is CCCCCCCCCCCCCCCCCCNc1ccc(S(=O)(=O)O)cc1NC(=O)c1cccc(N(C(C)=O)c2ccc3c(O)cccc3c2)c1. The van der Waals surface area contributed by atoms with E-state index in [9.17, 15) is 27.7 Å². The largest absolute Gasteiger partial charge is 0.507 e. The summed E-state index contributed by atoms with van der Waals surface area (Å²) < 4.78 is 33.7. The third-order valence-corrected chi connectivity index (χ3v) is 10.5. The van der Waals surface area contributed by atoms with Crippen LogP contribution in [0.1, 0.15) is 127 Å². The van der Waals surface area contributed by atoms with Crippen molar-refractivity contribution in [2.75, 3.05) is 22.1 Å². The van der Waals surface area contributed by atoms with Crippen LogP contribution in [0, 0.1) is 0 Å². The van der Waals surface area contributed by atoms with E-state index in [0.29, 0.717) is 29.0 Å². The smallest absolute Gasteiger partial charge is 0.294 e. The molecule has 0 aliphatic heterocycles. The van der Waals surface area contributed by atoms with E-state index in [2.05, 4.69) is 17.6 Å². The van der Waals surface area contributed by atoms with Crippen molar-refractivity contribution in [3.05, 3.63) is 84.4 Å². The monoisotopic (exact) mass is 743 g/mol. The molecule has 0 aromatic heterocycles. The second-order valence-corrected chi connectivity index (χ2v) is 15.4. The maximum absolute atomic E-state index is 13.6. The Morgan fingerprint density at radius 2 is 1.25 bits per heavy atom. The number of nitrogens with zero attached hydrogens (tertiary/aromatic N) is 1. The van der Waals surface area contributed by atoms with E-state index in [1.54, 1.807) is 54.6 Å². The van der Waals surface area contributed by atoms with Crippen molar-refractivity contribution < 1.29 is 27.7 Å². The topological polar surface area (TPSA) is 136 Å². The zero-order chi connectivity index (χ0) is 38.1. The number of anilines is 4. The number of nitrogens with one attached hydrogen (secondary N) is 2. The molecular weight excluding hydrogens is 687 g/mol. The number of benzene rings is 4. The van der Waals surface area contributed by atoms with Crippen LogP contribution < -0.4 is 15.5 Å². The summed E-state index contributed by atoms with van der Waals surface area (Å²) in [6, 6.07) is 21.1. The van der Waals surface area contributed by atoms with E-state index >= 15 is 0 Å². The van der Waals surface area contributed by atoms with Crippen molar-refractivity contribution in [2.24, 2.45) is 0 Å². The van der Waals surface area contributed by atoms with E-state index in [1.807, 2.05) is 6.07 Å². The minimum Gasteiger partial charge on any atom is -0.507 e. The molecule has 0 unspecified atom stereocenters. The average molecular weight is 744 g/mol. The van der Waals surface area contributed by atoms with Gasteiger partial charge in [-0.15, -0.1) is 0 Å². The molecule has 0 radical (unpaired) electrons. The molecule has 10 heteroatoms. The van der Waals surface area contributed by atoms with E-state index in [-0.39, 0.29) is 27.8 Å². The van der Waals surface area contributed by atoms with Gasteiger partial charge in [0, 0.05) is 35.8 Å². The van der Waals surface area contributed by atoms with Crippen molar-refractivity contribution in [1.82, 2.24) is 0 Å². The normalized spacial score (nSPS) is 11.5. The number of carbonyl (C=O) groups excluding carboxylic acids is 2. The third-order valence-electron chi connectivity index (χ3n) is 9.66. The Morgan fingerprint density at radius 1 is 0.660 bits per heavy atom. The van der Waals surface area contributed by atoms with Crippen LogP contribution in [0.25, 0.3) is 10.8 Å². The molecule has 53 heavy (non-hydrogen) atoms. The highest BCUT2D eigenvalue weighted by molar-refractivity contribution is 7.85. The van der Waals surface area contributed by atoms with Gasteiger partial charge in [0.15, 0.2) is 0 Å². The molecule has 0 atom stereocenters. The fourth-order valence-electron chi connectivity index (χ4n) is 6.72. The van der Waals surface area contributed by atoms with Crippen LogP contribution in [0.2, 0.25) is 0 Å². The first-order valence-corrected chi connectivity index (χ1v) is 20.8. The fourth-order valence-corrected chi connectivity index (χ4v) is 7.23. The molecule has 4 N–H and O–H groups in total. The first kappa shape index (κ1) is 41.3. The van der Waals surface area contributed by atoms with Gasteiger partial charge in [-0.3, -0.25) is 19.0 Å². The van der Waals surface area contributed by atoms with Crippen LogP contribution >= 0.6 is 0 Å². The first-order chi connectivity index (χ1) is 25.6. The molecule has 4 aromatic rings. The lowest BCUT2D eigenvalue weighted by Crippen LogP contribution is -2.23. The summed E-state index contributed by atoms with van der Waals surface area (Å²) in [7, 11) is -4.51. The Bertz CT molecular complexity index is 1890. The molecule has 0 heterocycles. The molecule has 9 nitrogen and oxygen atoms in total. The fraction of sp³-hybridized carbons (Fsp3) is 0.442. The number of fused-ring (bicyclic) bond motifs is 1. The highest BCUT2D eigenvalue weighted by Crippen LogP contribution is 2.33. The summed E-state index contributed by atoms with van der Waals surface area (Å²) in [5.41, 5.74) is 2.01. The van der Waals surface area contributed by atoms with E-state index in [4.69, 9.17) is 0 Å². The van der Waals surface area contributed by atoms with Crippen molar-refractivity contribution >= 4 is 55.5 Å². The lowest BCUT2D eigenvalue weighted by Gasteiger charge is -2.22. The molecule has 0 aliphatic carbocycles. The average Bonchev–Trinajstić information content (AvgIpc) is 3.13. The van der Waals surface area contributed by atoms with Gasteiger partial charge in [-0.05, 0) is 72.5 Å². The number of amides is 2. The van der Waals surface area contributed by atoms with Crippen molar-refractivity contribution in [1.29, 1.82) is 0 Å². The van der Waals surface area contributed by atoms with Crippen molar-refractivity contribution in [3.63, 3.8) is 0 Å². The molecule has 0 saturated heterocycles. The maximum Gasteiger partial charge on any atom is 0.294 e. The highest BCUT2D eigenvalue weighted by Gasteiger charge is 2.19. The van der Waals surface area contributed by atoms with Crippen LogP contribution in [0.15, 0.2) is 83.8 Å². The number of hydrogen-bond acceptors (Lipinski definition) is 6. The van der Waals surface area contributed by atoms with Gasteiger partial charge < -0.3 is 15.7 Å². The first-order valence-electron chi connectivity index (χ1n) is 19.4. The summed E-state index contributed by atoms with van der Waals surface area (Å²) in [5, 5.41) is 17.7. The highest BCUT2D eigenvalue weighted by atomic mass is 32.2. The van der Waals surface area contributed by atoms with Gasteiger partial charge in [-0.2, -0.15) is 8.42 Å². The molecule has 4 aromatic carbocycles. The third kappa shape index (κ3) is 13.2. The number of phenols is 1. The van der Waals surface area contributed by atoms with Crippen LogP contribution in [0.4, 0.5) is 22.7 Å². The minimum atomic E-state index is -4.51. The molecule has 286 valence electrons. The molecule has 0 aliphatic rings. The summed E-state index contributed by atoms with van der Waals surface area (Å²) in [6.07, 6.45) is 20.5. The number of rotatable bonds is 23. The lowest BCUT2D eigenvalue weighted by atomic mass is 10.0. The van der Waals surface area contributed by atoms with Gasteiger partial charge in [-0.25, -0.2) is 0 Å². The van der Waals surface area contributed by atoms with Crippen molar-refractivity contribution in [2.45, 2.75) is 121 Å². The van der Waals surface area contributed by atoms with Gasteiger partial charge in [0.1, 0.15) is 5.75 Å². The Kier molecular flexibility index (Phi) is 16.6. The number of carbonyl (C=O) groups is 2. The molecule has 0 bridgehead atoms. The molecule has 4 rings (SSSR count). The zero-order valence-electron chi connectivity index (χ0n) is 31.4. The zero-order valence-corrected chi connectivity index (χ0v) is 32.2. The van der Waals surface area contributed by atoms with Crippen LogP contribution in [-0.2, 0) is 14.9 Å². The number of hydrogen-bond donors (Lipinski definition) is 4. The van der Waals surface area contributed by atoms with E-state index in [1.165, 1.54) is 113 Å². The number of unbranched alkanes of at least 4 members (excludes halogenated alkanes) is 15. The lowest BCUT2D eigenvalue weighted by molar-refractivity contribution is -0.115. The van der Waals surface area contributed by atoms with Gasteiger partial charge >= 0.3 is 0 Å². The standard InChI is InChI=1S/C43H57N3O6S/c1-3-4-5-6-7-8-9-10-11-12-13-14-15-16-17-18-29-44-40-28-26-38(53(50,51)52)32-41(40)45-43(49)35-22-19-23-36(31-35)46(33(2)47)37-25-27-39-34(30-37)21-20-24-42(39)48/h19-28,30-32,44,48H,3-18,29H2,1-2H3,(H,45,49)(H,50,51,52). The summed E-state index contributed by atoms with van der Waals surface area (Å²) in [6.45, 7) is 4.33. The molecular formula is C43H57N3O6S. The van der Waals surface area contributed by atoms with Gasteiger partial charge in [0.2, 0.25) is 5.91 Å². The maximum atomic E-state index is 13.6. The quantitative estimate of drug-likeness (QED) is 0.0438. The summed E-state index contributed by atoms with van der Waals surface area (Å²) in [5.74, 6) is -0.653. The minimum absolute atomic E-state index is 0.138. The Labute approximate surface area is 315 Å². The number of phenolic OH excluding ortho intramolecular Hbond substituents is 1. The second kappa shape index (κ2) is 21.3. The van der Waals surface area contributed by atoms with Gasteiger partial charge in [0.05, 0.1) is 16.3 Å². The van der Waals surface area contributed by atoms with E-state index < -0.39 is 16.0 Å². The number of aromatic hydroxyl groups is 1. The molecule has 0 spiro atoms. The summed E-state index contributed by atoms with van der Waals surface area (Å²) in [4.78, 5) is 27.6. The Morgan fingerprint density at radius 3 is 1.85 bits per heavy atom. The Balaban J connectivity index is 1.29. The molecule has 2 amide bonds. The van der Waals surface area contributed by atoms with Crippen LogP contribution in [0.5, 0.6) is 5.75 Å². The predicted molar refractivity (Wildman–Crippen MR) is 217 cm³/mol. The molecule has 0 saturated carbocycles. The van der Waals surface area contributed by atoms with Crippen molar-refractivity contribution in [3.8, 4) is 5.75 Å². The van der Waals surface area contributed by atoms with Gasteiger partial charge in [-0.1, -0.05) is 121 Å². The van der Waals surface area contributed by atoms with Crippen LogP contribution in [-0.4, -0.2) is 36.4 Å². The van der Waals surface area contributed by atoms with Gasteiger partial charge in [0.25, 0.3) is 16.0 Å². The second-order valence-electron chi connectivity index (χ2n) is 14.0. The summed E-state index contributed by atoms with van der Waals surface area (Å²) >= 11 is 0.